The van der Waals surface area contributed by atoms with Crippen LogP contribution in [0.2, 0.25) is 0 Å². The van der Waals surface area contributed by atoms with E-state index >= 15 is 0 Å². The summed E-state index contributed by atoms with van der Waals surface area (Å²) in [5.74, 6) is -0.312. The van der Waals surface area contributed by atoms with Gasteiger partial charge in [-0.15, -0.1) is 0 Å². The number of hydrogen-bond acceptors (Lipinski definition) is 12. The van der Waals surface area contributed by atoms with Crippen LogP contribution in [0.25, 0.3) is 11.2 Å². The quantitative estimate of drug-likeness (QED) is 0.204. The number of imidazole rings is 1. The van der Waals surface area contributed by atoms with Crippen molar-refractivity contribution in [2.75, 3.05) is 12.3 Å². The van der Waals surface area contributed by atoms with Gasteiger partial charge in [0.25, 0.3) is 5.56 Å². The Morgan fingerprint density at radius 2 is 1.97 bits per heavy atom. The minimum atomic E-state index is -5.85. The van der Waals surface area contributed by atoms with E-state index in [1.807, 2.05) is 0 Å². The first-order chi connectivity index (χ1) is 16.0. The Labute approximate surface area is 192 Å². The Kier molecular flexibility index (Phi) is 7.23. The molecule has 0 saturated heterocycles. The van der Waals surface area contributed by atoms with Gasteiger partial charge in [-0.3, -0.25) is 14.3 Å². The highest BCUT2D eigenvalue weighted by Gasteiger charge is 2.55. The molecule has 22 heteroatoms. The summed E-state index contributed by atoms with van der Waals surface area (Å²) in [5, 5.41) is 20.3. The zero-order chi connectivity index (χ0) is 26.4. The number of nitrogens with one attached hydrogen (secondary N) is 1. The third-order valence-corrected chi connectivity index (χ3v) is 8.65. The number of aliphatic hydroxyl groups excluding tert-OH is 1. The lowest BCUT2D eigenvalue weighted by Gasteiger charge is -2.27. The predicted molar refractivity (Wildman–Crippen MR) is 109 cm³/mol. The van der Waals surface area contributed by atoms with E-state index in [1.165, 1.54) is 0 Å². The molecule has 3 rings (SSSR count). The van der Waals surface area contributed by atoms with Crippen molar-refractivity contribution in [3.05, 3.63) is 28.6 Å². The van der Waals surface area contributed by atoms with Crippen LogP contribution in [0.3, 0.4) is 0 Å². The molecular formula is C13H16FN6O12P3. The van der Waals surface area contributed by atoms with Crippen LogP contribution in [-0.4, -0.2) is 56.9 Å². The van der Waals surface area contributed by atoms with Crippen LogP contribution in [0, 0.1) is 16.7 Å². The number of fused-ring (bicyclic) bond motifs is 1. The number of phosphoric ester groups is 1. The minimum Gasteiger partial charge on any atom is -0.391 e. The van der Waals surface area contributed by atoms with E-state index in [-0.39, 0.29) is 23.4 Å². The predicted octanol–water partition coefficient (Wildman–Crippen LogP) is -0.286. The number of nitrogen functional groups attached to an aromatic ring is 1. The highest BCUT2D eigenvalue weighted by atomic mass is 31.3. The molecule has 0 radical (unpaired) electrons. The molecule has 2 aromatic rings. The van der Waals surface area contributed by atoms with E-state index in [9.17, 15) is 43.0 Å². The number of aromatic amines is 1. The molecule has 0 spiro atoms. The second kappa shape index (κ2) is 9.28. The molecular weight excluding hydrogens is 544 g/mol. The Morgan fingerprint density at radius 1 is 1.31 bits per heavy atom. The van der Waals surface area contributed by atoms with Gasteiger partial charge >= 0.3 is 23.5 Å². The lowest BCUT2D eigenvalue weighted by Crippen LogP contribution is -2.34. The van der Waals surface area contributed by atoms with Crippen LogP contribution in [0.5, 0.6) is 0 Å². The number of rotatable bonds is 8. The lowest BCUT2D eigenvalue weighted by molar-refractivity contribution is 0.0575. The molecule has 35 heavy (non-hydrogen) atoms. The van der Waals surface area contributed by atoms with Crippen molar-refractivity contribution in [2.45, 2.75) is 18.6 Å². The molecule has 2 unspecified atom stereocenters. The molecule has 0 amide bonds. The summed E-state index contributed by atoms with van der Waals surface area (Å²) in [7, 11) is -17.2. The number of aliphatic hydroxyl groups is 1. The molecule has 18 nitrogen and oxygen atoms in total. The number of halogens is 1. The summed E-state index contributed by atoms with van der Waals surface area (Å²) in [6.45, 7) is -1.30. The second-order valence-electron chi connectivity index (χ2n) is 7.05. The third kappa shape index (κ3) is 5.59. The standard InChI is InChI=1S/C13H16FN6O12P3/c14-2-6-7(20-5-17-9-10(20)18-12(16)19-11(9)22)1-8(21)13(6,3-15)4-30-34(26,27)32-35(28,29)31-33(23,24)25/h2,5,7-8,21H,1,4H2,(H,26,27)(H,28,29)(H2,23,24,25)(H3,16,18,19,22)/b6-2-/t7-,8-,13-/m0/s1. The molecule has 1 fully saturated rings. The van der Waals surface area contributed by atoms with Crippen molar-refractivity contribution in [3.8, 4) is 6.07 Å². The first-order valence-electron chi connectivity index (χ1n) is 8.95. The van der Waals surface area contributed by atoms with Crippen LogP contribution in [0.1, 0.15) is 12.5 Å². The van der Waals surface area contributed by atoms with Crippen molar-refractivity contribution in [3.63, 3.8) is 0 Å². The topological polar surface area (TPSA) is 293 Å². The summed E-state index contributed by atoms with van der Waals surface area (Å²) in [5.41, 5.74) is 1.55. The second-order valence-corrected chi connectivity index (χ2v) is 11.5. The summed E-state index contributed by atoms with van der Waals surface area (Å²) in [6.07, 6.45) is -1.22. The number of aromatic nitrogens is 4. The lowest BCUT2D eigenvalue weighted by atomic mass is 9.83. The highest BCUT2D eigenvalue weighted by Crippen LogP contribution is 2.67. The van der Waals surface area contributed by atoms with Crippen LogP contribution >= 0.6 is 23.5 Å². The van der Waals surface area contributed by atoms with Gasteiger partial charge in [0.05, 0.1) is 37.5 Å². The van der Waals surface area contributed by atoms with Gasteiger partial charge in [0.2, 0.25) is 5.95 Å². The maximum atomic E-state index is 14.1. The monoisotopic (exact) mass is 560 g/mol. The number of H-pyrrole nitrogens is 1. The molecule has 0 aromatic carbocycles. The molecule has 2 heterocycles. The van der Waals surface area contributed by atoms with Crippen molar-refractivity contribution in [2.24, 2.45) is 5.41 Å². The van der Waals surface area contributed by atoms with Gasteiger partial charge in [-0.05, 0) is 0 Å². The molecule has 5 atom stereocenters. The van der Waals surface area contributed by atoms with Crippen molar-refractivity contribution < 1.29 is 55.9 Å². The summed E-state index contributed by atoms with van der Waals surface area (Å²) < 4.78 is 61.0. The van der Waals surface area contributed by atoms with Crippen molar-refractivity contribution >= 4 is 40.6 Å². The largest absolute Gasteiger partial charge is 0.490 e. The molecule has 0 aliphatic heterocycles. The first kappa shape index (κ1) is 27.3. The van der Waals surface area contributed by atoms with Crippen LogP contribution in [0.15, 0.2) is 23.0 Å². The zero-order valence-electron chi connectivity index (χ0n) is 16.9. The van der Waals surface area contributed by atoms with E-state index in [0.717, 1.165) is 10.9 Å². The van der Waals surface area contributed by atoms with Crippen molar-refractivity contribution in [1.29, 1.82) is 5.26 Å². The molecule has 8 N–H and O–H groups in total. The van der Waals surface area contributed by atoms with E-state index in [4.69, 9.17) is 15.5 Å². The van der Waals surface area contributed by atoms with E-state index in [2.05, 4.69) is 28.1 Å². The summed E-state index contributed by atoms with van der Waals surface area (Å²) in [6, 6.07) is 0.335. The Balaban J connectivity index is 1.92. The van der Waals surface area contributed by atoms with Crippen LogP contribution in [-0.2, 0) is 26.8 Å². The molecule has 2 aromatic heterocycles. The fourth-order valence-electron chi connectivity index (χ4n) is 3.47. The third-order valence-electron chi connectivity index (χ3n) is 4.86. The molecule has 1 aliphatic rings. The van der Waals surface area contributed by atoms with Crippen LogP contribution < -0.4 is 11.3 Å². The molecule has 0 bridgehead atoms. The fourth-order valence-corrected chi connectivity index (χ4v) is 6.53. The number of hydrogen-bond donors (Lipinski definition) is 7. The Hall–Kier alpha value is -2.32. The number of nitrogens with two attached hydrogens (primary N) is 1. The smallest absolute Gasteiger partial charge is 0.391 e. The average Bonchev–Trinajstić information content (AvgIpc) is 3.22. The zero-order valence-corrected chi connectivity index (χ0v) is 19.6. The van der Waals surface area contributed by atoms with E-state index in [1.54, 1.807) is 6.07 Å². The van der Waals surface area contributed by atoms with Gasteiger partial charge in [-0.25, -0.2) is 23.1 Å². The number of anilines is 1. The molecule has 1 saturated carbocycles. The fraction of sp³-hybridized carbons (Fsp3) is 0.385. The SMILES string of the molecule is N#C[C@]1(COP(=O)(O)OP(=O)(O)OP(=O)(O)O)/C(=C\F)[C@@H](n2cnc3c(=O)[nH]c(N)nc32)C[C@@H]1O. The van der Waals surface area contributed by atoms with Gasteiger partial charge in [-0.1, -0.05) is 0 Å². The summed E-state index contributed by atoms with van der Waals surface area (Å²) >= 11 is 0. The summed E-state index contributed by atoms with van der Waals surface area (Å²) in [4.78, 5) is 58.0. The number of phosphoric acid groups is 3. The molecule has 192 valence electrons. The number of nitriles is 1. The first-order valence-corrected chi connectivity index (χ1v) is 13.5. The minimum absolute atomic E-state index is 0.0905. The molecule has 1 aliphatic carbocycles. The van der Waals surface area contributed by atoms with Crippen LogP contribution in [0.4, 0.5) is 10.3 Å². The normalized spacial score (nSPS) is 27.5. The maximum Gasteiger partial charge on any atom is 0.490 e. The van der Waals surface area contributed by atoms with Gasteiger partial charge < -0.3 is 35.0 Å². The Morgan fingerprint density at radius 3 is 2.54 bits per heavy atom. The highest BCUT2D eigenvalue weighted by molar-refractivity contribution is 7.66. The van der Waals surface area contributed by atoms with Crippen molar-refractivity contribution in [1.82, 2.24) is 19.5 Å². The van der Waals surface area contributed by atoms with Gasteiger partial charge in [0, 0.05) is 12.0 Å². The Bertz CT molecular complexity index is 1430. The average molecular weight is 560 g/mol. The van der Waals surface area contributed by atoms with Gasteiger partial charge in [0.1, 0.15) is 5.41 Å². The van der Waals surface area contributed by atoms with E-state index < -0.39 is 65.2 Å². The number of nitrogens with zero attached hydrogens (tertiary/aromatic N) is 4. The van der Waals surface area contributed by atoms with Gasteiger partial charge in [0.15, 0.2) is 11.2 Å². The van der Waals surface area contributed by atoms with E-state index in [0.29, 0.717) is 0 Å². The van der Waals surface area contributed by atoms with Gasteiger partial charge in [-0.2, -0.15) is 18.9 Å². The maximum absolute atomic E-state index is 14.1.